The molecule has 0 aliphatic heterocycles. The fraction of sp³-hybridized carbons (Fsp3) is 0.333. The highest BCUT2D eigenvalue weighted by molar-refractivity contribution is 6.08. The van der Waals surface area contributed by atoms with Crippen LogP contribution in [0.2, 0.25) is 0 Å². The predicted octanol–water partition coefficient (Wildman–Crippen LogP) is 5.77. The number of carbonyl (C=O) groups is 1. The number of nitrogens with one attached hydrogen (secondary N) is 1. The van der Waals surface area contributed by atoms with Gasteiger partial charge in [0.05, 0.1) is 16.6 Å². The molecule has 0 unspecified atom stereocenters. The first-order chi connectivity index (χ1) is 17.3. The van der Waals surface area contributed by atoms with Crippen molar-refractivity contribution in [1.29, 1.82) is 0 Å². The van der Waals surface area contributed by atoms with E-state index in [2.05, 4.69) is 20.3 Å². The summed E-state index contributed by atoms with van der Waals surface area (Å²) in [5.41, 5.74) is 0.945. The molecule has 1 aliphatic rings. The maximum Gasteiger partial charge on any atom is 0.417 e. The first kappa shape index (κ1) is 24.0. The van der Waals surface area contributed by atoms with Gasteiger partial charge in [-0.05, 0) is 49.6 Å². The van der Waals surface area contributed by atoms with E-state index in [4.69, 9.17) is 0 Å². The van der Waals surface area contributed by atoms with Crippen LogP contribution in [0.3, 0.4) is 0 Å². The summed E-state index contributed by atoms with van der Waals surface area (Å²) in [7, 11) is 0. The Morgan fingerprint density at radius 2 is 1.78 bits per heavy atom. The summed E-state index contributed by atoms with van der Waals surface area (Å²) in [5, 5.41) is 2.81. The largest absolute Gasteiger partial charge is 0.417 e. The summed E-state index contributed by atoms with van der Waals surface area (Å²) in [6.45, 7) is 2.24. The van der Waals surface area contributed by atoms with E-state index in [0.29, 0.717) is 6.54 Å². The molecule has 1 fully saturated rings. The Morgan fingerprint density at radius 1 is 1.03 bits per heavy atom. The van der Waals surface area contributed by atoms with Crippen LogP contribution in [0.15, 0.2) is 61.2 Å². The maximum absolute atomic E-state index is 14.0. The average molecular weight is 494 g/mol. The van der Waals surface area contributed by atoms with E-state index in [0.717, 1.165) is 49.4 Å². The van der Waals surface area contributed by atoms with E-state index in [1.54, 1.807) is 6.07 Å². The van der Waals surface area contributed by atoms with E-state index >= 15 is 0 Å². The van der Waals surface area contributed by atoms with Gasteiger partial charge < -0.3 is 5.32 Å². The van der Waals surface area contributed by atoms with Gasteiger partial charge in [-0.3, -0.25) is 14.3 Å². The summed E-state index contributed by atoms with van der Waals surface area (Å²) in [4.78, 5) is 26.3. The first-order valence-corrected chi connectivity index (χ1v) is 12.0. The second kappa shape index (κ2) is 9.37. The zero-order chi connectivity index (χ0) is 25.3. The van der Waals surface area contributed by atoms with Crippen LogP contribution >= 0.6 is 0 Å². The van der Waals surface area contributed by atoms with E-state index in [-0.39, 0.29) is 27.8 Å². The van der Waals surface area contributed by atoms with Crippen LogP contribution in [0, 0.1) is 6.92 Å². The number of benzene rings is 1. The topological polar surface area (TPSA) is 72.7 Å². The van der Waals surface area contributed by atoms with Crippen LogP contribution in [-0.4, -0.2) is 32.0 Å². The molecule has 0 atom stereocenters. The average Bonchev–Trinajstić information content (AvgIpc) is 3.28. The number of alkyl halides is 3. The lowest BCUT2D eigenvalue weighted by Crippen LogP contribution is -2.42. The second-order valence-electron chi connectivity index (χ2n) is 9.37. The van der Waals surface area contributed by atoms with Gasteiger partial charge in [0.1, 0.15) is 0 Å². The Morgan fingerprint density at radius 3 is 2.44 bits per heavy atom. The van der Waals surface area contributed by atoms with Crippen LogP contribution in [0.4, 0.5) is 13.2 Å². The molecule has 1 saturated carbocycles. The standard InChI is InChI=1S/C27H26F3N5O/c1-18-9-10-19(15-33-18)26(11-3-2-4-12-26)17-34-24(36)20-16-35(25-31-13-6-14-32-25)22-8-5-7-21(23(20)22)27(28,29)30/h5-10,13-16H,2-4,11-12,17H2,1H3,(H,34,36). The van der Waals surface area contributed by atoms with Gasteiger partial charge in [-0.25, -0.2) is 9.97 Å². The van der Waals surface area contributed by atoms with Crippen molar-refractivity contribution in [1.82, 2.24) is 24.8 Å². The lowest BCUT2D eigenvalue weighted by Gasteiger charge is -2.38. The fourth-order valence-corrected chi connectivity index (χ4v) is 5.20. The Hall–Kier alpha value is -3.75. The highest BCUT2D eigenvalue weighted by atomic mass is 19.4. The van der Waals surface area contributed by atoms with Crippen LogP contribution in [0.5, 0.6) is 0 Å². The Labute approximate surface area is 206 Å². The zero-order valence-corrected chi connectivity index (χ0v) is 19.8. The monoisotopic (exact) mass is 493 g/mol. The number of carbonyl (C=O) groups excluding carboxylic acids is 1. The number of rotatable bonds is 5. The molecule has 1 aliphatic carbocycles. The molecular weight excluding hydrogens is 467 g/mol. The summed E-state index contributed by atoms with van der Waals surface area (Å²) in [6, 6.07) is 9.48. The number of nitrogens with zero attached hydrogens (tertiary/aromatic N) is 4. The van der Waals surface area contributed by atoms with Crippen molar-refractivity contribution in [3.8, 4) is 5.95 Å². The quantitative estimate of drug-likeness (QED) is 0.383. The second-order valence-corrected chi connectivity index (χ2v) is 9.37. The highest BCUT2D eigenvalue weighted by Gasteiger charge is 2.37. The Kier molecular flexibility index (Phi) is 6.24. The fourth-order valence-electron chi connectivity index (χ4n) is 5.20. The minimum absolute atomic E-state index is 0.0571. The zero-order valence-electron chi connectivity index (χ0n) is 19.8. The molecule has 6 nitrogen and oxygen atoms in total. The third-order valence-electron chi connectivity index (χ3n) is 7.07. The maximum atomic E-state index is 14.0. The molecule has 36 heavy (non-hydrogen) atoms. The third kappa shape index (κ3) is 4.45. The molecule has 186 valence electrons. The molecule has 3 aromatic heterocycles. The summed E-state index contributed by atoms with van der Waals surface area (Å²) in [5.74, 6) is -0.369. The number of hydrogen-bond donors (Lipinski definition) is 1. The summed E-state index contributed by atoms with van der Waals surface area (Å²) in [6.07, 6.45) is 6.55. The first-order valence-electron chi connectivity index (χ1n) is 12.0. The molecule has 4 aromatic rings. The Balaban J connectivity index is 1.55. The number of halogens is 3. The summed E-state index contributed by atoms with van der Waals surface area (Å²) < 4.78 is 43.4. The summed E-state index contributed by atoms with van der Waals surface area (Å²) >= 11 is 0. The molecular formula is C27H26F3N5O. The van der Waals surface area contributed by atoms with Crippen molar-refractivity contribution in [2.45, 2.75) is 50.6 Å². The molecule has 1 aromatic carbocycles. The van der Waals surface area contributed by atoms with Crippen molar-refractivity contribution in [2.24, 2.45) is 0 Å². The molecule has 5 rings (SSSR count). The van der Waals surface area contributed by atoms with Crippen LogP contribution in [0.1, 0.15) is 59.3 Å². The Bertz CT molecular complexity index is 1370. The minimum atomic E-state index is -4.63. The number of hydrogen-bond acceptors (Lipinski definition) is 4. The molecule has 3 heterocycles. The normalized spacial score (nSPS) is 15.7. The lowest BCUT2D eigenvalue weighted by atomic mass is 9.69. The van der Waals surface area contributed by atoms with Crippen LogP contribution in [-0.2, 0) is 11.6 Å². The number of amides is 1. The minimum Gasteiger partial charge on any atom is -0.351 e. The van der Waals surface area contributed by atoms with Crippen molar-refractivity contribution < 1.29 is 18.0 Å². The van der Waals surface area contributed by atoms with E-state index < -0.39 is 17.6 Å². The molecule has 1 amide bonds. The molecule has 1 N–H and O–H groups in total. The van der Waals surface area contributed by atoms with E-state index in [9.17, 15) is 18.0 Å². The SMILES string of the molecule is Cc1ccc(C2(CNC(=O)c3cn(-c4ncccn4)c4cccc(C(F)(F)F)c34)CCCCC2)cn1. The molecule has 0 radical (unpaired) electrons. The van der Waals surface area contributed by atoms with Gasteiger partial charge in [-0.2, -0.15) is 13.2 Å². The number of aromatic nitrogens is 4. The number of aryl methyl sites for hydroxylation is 1. The van der Waals surface area contributed by atoms with Crippen LogP contribution < -0.4 is 5.32 Å². The molecule has 9 heteroatoms. The number of pyridine rings is 1. The predicted molar refractivity (Wildman–Crippen MR) is 130 cm³/mol. The van der Waals surface area contributed by atoms with Crippen molar-refractivity contribution in [3.05, 3.63) is 83.6 Å². The van der Waals surface area contributed by atoms with Gasteiger partial charge >= 0.3 is 6.18 Å². The van der Waals surface area contributed by atoms with Gasteiger partial charge in [-0.1, -0.05) is 31.4 Å². The number of fused-ring (bicyclic) bond motifs is 1. The third-order valence-corrected chi connectivity index (χ3v) is 7.07. The van der Waals surface area contributed by atoms with Gasteiger partial charge in [0.2, 0.25) is 5.95 Å². The van der Waals surface area contributed by atoms with Gasteiger partial charge in [0.15, 0.2) is 0 Å². The lowest BCUT2D eigenvalue weighted by molar-refractivity contribution is -0.136. The molecule has 0 bridgehead atoms. The van der Waals surface area contributed by atoms with Crippen molar-refractivity contribution >= 4 is 16.8 Å². The van der Waals surface area contributed by atoms with E-state index in [1.807, 2.05) is 25.3 Å². The smallest absolute Gasteiger partial charge is 0.351 e. The van der Waals surface area contributed by atoms with E-state index in [1.165, 1.54) is 35.3 Å². The molecule has 0 spiro atoms. The van der Waals surface area contributed by atoms with Gasteiger partial charge in [-0.15, -0.1) is 0 Å². The van der Waals surface area contributed by atoms with Crippen molar-refractivity contribution in [2.75, 3.05) is 6.54 Å². The van der Waals surface area contributed by atoms with Gasteiger partial charge in [0.25, 0.3) is 5.91 Å². The highest BCUT2D eigenvalue weighted by Crippen LogP contribution is 2.40. The molecule has 0 saturated heterocycles. The van der Waals surface area contributed by atoms with Gasteiger partial charge in [0, 0.05) is 47.8 Å². The van der Waals surface area contributed by atoms with Crippen molar-refractivity contribution in [3.63, 3.8) is 0 Å². The van der Waals surface area contributed by atoms with Crippen LogP contribution in [0.25, 0.3) is 16.9 Å².